The number of anilines is 2. The third kappa shape index (κ3) is 5.43. The summed E-state index contributed by atoms with van der Waals surface area (Å²) in [6, 6.07) is 6.45. The van der Waals surface area contributed by atoms with Crippen LogP contribution in [0.5, 0.6) is 5.75 Å². The van der Waals surface area contributed by atoms with Crippen LogP contribution in [0.3, 0.4) is 0 Å². The molecule has 0 unspecified atom stereocenters. The van der Waals surface area contributed by atoms with Gasteiger partial charge in [0.2, 0.25) is 11.6 Å². The fourth-order valence-corrected chi connectivity index (χ4v) is 3.18. The van der Waals surface area contributed by atoms with Crippen molar-refractivity contribution in [2.24, 2.45) is 0 Å². The molecule has 2 aromatic rings. The Bertz CT molecular complexity index is 929. The number of hydrazine groups is 1. The van der Waals surface area contributed by atoms with Crippen LogP contribution in [0.2, 0.25) is 0 Å². The first-order chi connectivity index (χ1) is 14.6. The van der Waals surface area contributed by atoms with Crippen LogP contribution in [0.4, 0.5) is 17.3 Å². The number of allylic oxidation sites excluding steroid dienone is 1. The van der Waals surface area contributed by atoms with Crippen molar-refractivity contribution in [1.29, 1.82) is 0 Å². The number of nitrogens with one attached hydrogen (secondary N) is 3. The fraction of sp³-hybridized carbons (Fsp3) is 0.350. The molecule has 1 aromatic carbocycles. The number of rotatable bonds is 9. The van der Waals surface area contributed by atoms with Crippen LogP contribution in [-0.2, 0) is 0 Å². The van der Waals surface area contributed by atoms with Crippen molar-refractivity contribution >= 4 is 23.2 Å². The molecule has 1 amide bonds. The van der Waals surface area contributed by atoms with E-state index in [0.29, 0.717) is 17.9 Å². The van der Waals surface area contributed by atoms with E-state index >= 15 is 0 Å². The molecule has 10 heteroatoms. The van der Waals surface area contributed by atoms with Gasteiger partial charge in [-0.25, -0.2) is 9.97 Å². The number of nitro groups is 1. The molecule has 0 radical (unpaired) electrons. The summed E-state index contributed by atoms with van der Waals surface area (Å²) < 4.78 is 5.05. The van der Waals surface area contributed by atoms with Crippen molar-refractivity contribution < 1.29 is 14.5 Å². The maximum absolute atomic E-state index is 12.3. The number of benzene rings is 1. The standard InChI is InChI=1S/C20H24N6O4/c1-30-16-9-7-15(8-10-16)20(27)25-24-19-17(26(28)29)18(22-13-23-19)21-12-11-14-5-3-2-4-6-14/h5,7-10,13H,2-4,6,11-12H2,1H3,(H,25,27)(H2,21,22,23,24). The molecule has 0 saturated carbocycles. The van der Waals surface area contributed by atoms with E-state index in [4.69, 9.17) is 4.74 Å². The maximum Gasteiger partial charge on any atom is 0.354 e. The highest BCUT2D eigenvalue weighted by Gasteiger charge is 2.23. The van der Waals surface area contributed by atoms with Crippen molar-refractivity contribution in [3.63, 3.8) is 0 Å². The Morgan fingerprint density at radius 2 is 1.97 bits per heavy atom. The second-order valence-electron chi connectivity index (χ2n) is 6.77. The van der Waals surface area contributed by atoms with Gasteiger partial charge in [0.25, 0.3) is 5.91 Å². The molecule has 158 valence electrons. The number of nitrogens with zero attached hydrogens (tertiary/aromatic N) is 3. The van der Waals surface area contributed by atoms with E-state index in [1.54, 1.807) is 24.3 Å². The Morgan fingerprint density at radius 3 is 2.63 bits per heavy atom. The Balaban J connectivity index is 1.65. The molecule has 0 atom stereocenters. The summed E-state index contributed by atoms with van der Waals surface area (Å²) in [6.07, 6.45) is 8.80. The lowest BCUT2D eigenvalue weighted by Crippen LogP contribution is -2.30. The topological polar surface area (TPSA) is 131 Å². The predicted octanol–water partition coefficient (Wildman–Crippen LogP) is 3.45. The first-order valence-corrected chi connectivity index (χ1v) is 9.70. The van der Waals surface area contributed by atoms with Crippen LogP contribution >= 0.6 is 0 Å². The van der Waals surface area contributed by atoms with Gasteiger partial charge < -0.3 is 10.1 Å². The Labute approximate surface area is 173 Å². The Kier molecular flexibility index (Phi) is 7.14. The lowest BCUT2D eigenvalue weighted by Gasteiger charge is -2.14. The van der Waals surface area contributed by atoms with E-state index in [-0.39, 0.29) is 17.3 Å². The zero-order chi connectivity index (χ0) is 21.3. The smallest absolute Gasteiger partial charge is 0.354 e. The van der Waals surface area contributed by atoms with Crippen molar-refractivity contribution in [2.75, 3.05) is 24.4 Å². The molecule has 10 nitrogen and oxygen atoms in total. The number of carbonyl (C=O) groups excluding carboxylic acids is 1. The second kappa shape index (κ2) is 10.2. The molecular weight excluding hydrogens is 388 g/mol. The maximum atomic E-state index is 12.3. The van der Waals surface area contributed by atoms with E-state index in [9.17, 15) is 14.9 Å². The molecular formula is C20H24N6O4. The molecule has 0 aliphatic heterocycles. The van der Waals surface area contributed by atoms with Gasteiger partial charge in [0.05, 0.1) is 12.0 Å². The average Bonchev–Trinajstić information content (AvgIpc) is 2.78. The highest BCUT2D eigenvalue weighted by molar-refractivity contribution is 5.95. The van der Waals surface area contributed by atoms with E-state index in [1.165, 1.54) is 31.9 Å². The second-order valence-corrected chi connectivity index (χ2v) is 6.77. The summed E-state index contributed by atoms with van der Waals surface area (Å²) in [5, 5.41) is 14.6. The lowest BCUT2D eigenvalue weighted by atomic mass is 9.97. The summed E-state index contributed by atoms with van der Waals surface area (Å²) >= 11 is 0. The van der Waals surface area contributed by atoms with E-state index < -0.39 is 10.8 Å². The van der Waals surface area contributed by atoms with Crippen LogP contribution in [-0.4, -0.2) is 34.5 Å². The molecule has 3 N–H and O–H groups in total. The molecule has 30 heavy (non-hydrogen) atoms. The number of ether oxygens (including phenoxy) is 1. The highest BCUT2D eigenvalue weighted by atomic mass is 16.6. The predicted molar refractivity (Wildman–Crippen MR) is 112 cm³/mol. The third-order valence-corrected chi connectivity index (χ3v) is 4.78. The Hall–Kier alpha value is -3.69. The zero-order valence-corrected chi connectivity index (χ0v) is 16.7. The third-order valence-electron chi connectivity index (χ3n) is 4.78. The van der Waals surface area contributed by atoms with Crippen LogP contribution < -0.4 is 20.9 Å². The van der Waals surface area contributed by atoms with Gasteiger partial charge in [-0.3, -0.25) is 25.8 Å². The monoisotopic (exact) mass is 412 g/mol. The van der Waals surface area contributed by atoms with Crippen LogP contribution in [0.25, 0.3) is 0 Å². The molecule has 0 spiro atoms. The minimum Gasteiger partial charge on any atom is -0.497 e. The fourth-order valence-electron chi connectivity index (χ4n) is 3.18. The molecule has 0 fully saturated rings. The minimum absolute atomic E-state index is 0.101. The number of hydrogen-bond acceptors (Lipinski definition) is 8. The van der Waals surface area contributed by atoms with Gasteiger partial charge in [0, 0.05) is 12.1 Å². The molecule has 0 bridgehead atoms. The first kappa shape index (κ1) is 21.0. The van der Waals surface area contributed by atoms with Crippen LogP contribution in [0, 0.1) is 10.1 Å². The summed E-state index contributed by atoms with van der Waals surface area (Å²) in [4.78, 5) is 31.2. The van der Waals surface area contributed by atoms with Gasteiger partial charge in [0.1, 0.15) is 12.1 Å². The Morgan fingerprint density at radius 1 is 1.20 bits per heavy atom. The molecule has 3 rings (SSSR count). The number of aromatic nitrogens is 2. The van der Waals surface area contributed by atoms with Gasteiger partial charge in [-0.15, -0.1) is 0 Å². The van der Waals surface area contributed by atoms with Crippen LogP contribution in [0.1, 0.15) is 42.5 Å². The summed E-state index contributed by atoms with van der Waals surface area (Å²) in [5.74, 6) is 0.152. The van der Waals surface area contributed by atoms with Crippen molar-refractivity contribution in [3.8, 4) is 5.75 Å². The van der Waals surface area contributed by atoms with Gasteiger partial charge in [-0.05, 0) is 56.4 Å². The molecule has 1 aliphatic carbocycles. The van der Waals surface area contributed by atoms with Gasteiger partial charge in [-0.2, -0.15) is 0 Å². The van der Waals surface area contributed by atoms with Gasteiger partial charge in [-0.1, -0.05) is 11.6 Å². The van der Waals surface area contributed by atoms with Crippen LogP contribution in [0.15, 0.2) is 42.2 Å². The molecule has 1 aliphatic rings. The van der Waals surface area contributed by atoms with Crippen molar-refractivity contribution in [1.82, 2.24) is 15.4 Å². The number of methoxy groups -OCH3 is 1. The zero-order valence-electron chi connectivity index (χ0n) is 16.7. The largest absolute Gasteiger partial charge is 0.497 e. The van der Waals surface area contributed by atoms with E-state index in [2.05, 4.69) is 32.2 Å². The van der Waals surface area contributed by atoms with E-state index in [1.807, 2.05) is 0 Å². The van der Waals surface area contributed by atoms with Crippen molar-refractivity contribution in [3.05, 3.63) is 57.9 Å². The SMILES string of the molecule is COc1ccc(C(=O)NNc2ncnc(NCCC3=CCCCC3)c2[N+](=O)[O-])cc1. The molecule has 1 aromatic heterocycles. The van der Waals surface area contributed by atoms with Gasteiger partial charge in [0.15, 0.2) is 0 Å². The first-order valence-electron chi connectivity index (χ1n) is 9.70. The number of carbonyl (C=O) groups is 1. The summed E-state index contributed by atoms with van der Waals surface area (Å²) in [5.41, 5.74) is 6.34. The summed E-state index contributed by atoms with van der Waals surface area (Å²) in [6.45, 7) is 0.529. The van der Waals surface area contributed by atoms with Gasteiger partial charge >= 0.3 is 5.69 Å². The van der Waals surface area contributed by atoms with Crippen molar-refractivity contribution in [2.45, 2.75) is 32.1 Å². The minimum atomic E-state index is -0.579. The highest BCUT2D eigenvalue weighted by Crippen LogP contribution is 2.29. The van der Waals surface area contributed by atoms with E-state index in [0.717, 1.165) is 19.3 Å². The summed E-state index contributed by atoms with van der Waals surface area (Å²) in [7, 11) is 1.53. The number of amides is 1. The normalized spacial score (nSPS) is 13.2. The molecule has 0 saturated heterocycles. The molecule has 1 heterocycles. The lowest BCUT2D eigenvalue weighted by molar-refractivity contribution is -0.383. The quantitative estimate of drug-likeness (QED) is 0.324. The number of hydrogen-bond donors (Lipinski definition) is 3. The average molecular weight is 412 g/mol.